The van der Waals surface area contributed by atoms with E-state index in [0.29, 0.717) is 25.1 Å². The molecule has 2 aromatic carbocycles. The van der Waals surface area contributed by atoms with Gasteiger partial charge in [0.1, 0.15) is 5.82 Å². The van der Waals surface area contributed by atoms with Crippen LogP contribution in [0.25, 0.3) is 0 Å². The van der Waals surface area contributed by atoms with Crippen molar-refractivity contribution in [2.24, 2.45) is 0 Å². The highest BCUT2D eigenvalue weighted by Crippen LogP contribution is 2.15. The van der Waals surface area contributed by atoms with E-state index >= 15 is 0 Å². The number of halogens is 1. The lowest BCUT2D eigenvalue weighted by molar-refractivity contribution is -0.121. The molecule has 0 unspecified atom stereocenters. The van der Waals surface area contributed by atoms with Crippen molar-refractivity contribution in [1.29, 1.82) is 0 Å². The average Bonchev–Trinajstić information content (AvgIpc) is 2.63. The van der Waals surface area contributed by atoms with E-state index in [1.54, 1.807) is 0 Å². The van der Waals surface area contributed by atoms with Crippen LogP contribution in [0.4, 0.5) is 10.1 Å². The molecule has 2 rings (SSSR count). The predicted octanol–water partition coefficient (Wildman–Crippen LogP) is 2.17. The minimum atomic E-state index is -3.69. The topological polar surface area (TPSA) is 92.5 Å². The van der Waals surface area contributed by atoms with Crippen LogP contribution in [0.1, 0.15) is 18.4 Å². The number of hydrogen-bond donors (Lipinski definition) is 2. The van der Waals surface area contributed by atoms with Crippen molar-refractivity contribution < 1.29 is 17.6 Å². The molecule has 1 amide bonds. The Hall–Kier alpha value is -2.45. The molecule has 0 aromatic heterocycles. The van der Waals surface area contributed by atoms with E-state index in [2.05, 4.69) is 5.32 Å². The first-order chi connectivity index (χ1) is 12.8. The van der Waals surface area contributed by atoms with E-state index < -0.39 is 15.8 Å². The first-order valence-electron chi connectivity index (χ1n) is 8.62. The van der Waals surface area contributed by atoms with Crippen molar-refractivity contribution in [2.75, 3.05) is 25.9 Å². The predicted molar refractivity (Wildman–Crippen MR) is 103 cm³/mol. The third kappa shape index (κ3) is 6.33. The van der Waals surface area contributed by atoms with Gasteiger partial charge >= 0.3 is 0 Å². The standard InChI is InChI=1S/C19H24FN3O3S/c1-23(27(25,26)18-10-6-16(20)7-11-18)14-2-3-19(24)22-13-12-15-4-8-17(21)9-5-15/h4-11H,2-3,12-14,21H2,1H3,(H,22,24). The molecular weight excluding hydrogens is 369 g/mol. The van der Waals surface area contributed by atoms with Crippen molar-refractivity contribution in [2.45, 2.75) is 24.2 Å². The molecule has 146 valence electrons. The van der Waals surface area contributed by atoms with Crippen LogP contribution in [-0.2, 0) is 21.2 Å². The summed E-state index contributed by atoms with van der Waals surface area (Å²) in [6.07, 6.45) is 1.32. The number of nitrogens with zero attached hydrogens (tertiary/aromatic N) is 1. The van der Waals surface area contributed by atoms with Gasteiger partial charge in [-0.2, -0.15) is 0 Å². The third-order valence-electron chi connectivity index (χ3n) is 4.11. The summed E-state index contributed by atoms with van der Waals surface area (Å²) in [6.45, 7) is 0.706. The highest BCUT2D eigenvalue weighted by molar-refractivity contribution is 7.89. The maximum atomic E-state index is 12.9. The summed E-state index contributed by atoms with van der Waals surface area (Å²) in [4.78, 5) is 11.9. The van der Waals surface area contributed by atoms with Gasteiger partial charge in [-0.05, 0) is 54.8 Å². The lowest BCUT2D eigenvalue weighted by atomic mass is 10.1. The Bertz CT molecular complexity index is 853. The molecule has 3 N–H and O–H groups in total. The van der Waals surface area contributed by atoms with Crippen LogP contribution in [0.15, 0.2) is 53.4 Å². The van der Waals surface area contributed by atoms with Gasteiger partial charge in [-0.1, -0.05) is 12.1 Å². The summed E-state index contributed by atoms with van der Waals surface area (Å²) in [6, 6.07) is 12.1. The van der Waals surface area contributed by atoms with Crippen LogP contribution in [0, 0.1) is 5.82 Å². The van der Waals surface area contributed by atoms with Crippen LogP contribution < -0.4 is 11.1 Å². The van der Waals surface area contributed by atoms with Crippen LogP contribution in [0.2, 0.25) is 0 Å². The Balaban J connectivity index is 1.72. The lowest BCUT2D eigenvalue weighted by Crippen LogP contribution is -2.30. The largest absolute Gasteiger partial charge is 0.399 e. The summed E-state index contributed by atoms with van der Waals surface area (Å²) in [5.41, 5.74) is 7.40. The molecule has 0 heterocycles. The van der Waals surface area contributed by atoms with Gasteiger partial charge in [0.2, 0.25) is 15.9 Å². The summed E-state index contributed by atoms with van der Waals surface area (Å²) in [5, 5.41) is 2.82. The van der Waals surface area contributed by atoms with Crippen molar-refractivity contribution in [3.05, 3.63) is 59.9 Å². The van der Waals surface area contributed by atoms with Crippen LogP contribution in [-0.4, -0.2) is 38.8 Å². The fourth-order valence-corrected chi connectivity index (χ4v) is 3.70. The Kier molecular flexibility index (Phi) is 7.32. The molecule has 6 nitrogen and oxygen atoms in total. The minimum Gasteiger partial charge on any atom is -0.399 e. The van der Waals surface area contributed by atoms with E-state index in [1.807, 2.05) is 24.3 Å². The number of nitrogens with two attached hydrogens (primary N) is 1. The third-order valence-corrected chi connectivity index (χ3v) is 5.99. The van der Waals surface area contributed by atoms with Gasteiger partial charge in [0.05, 0.1) is 4.90 Å². The first kappa shape index (κ1) is 20.9. The van der Waals surface area contributed by atoms with Gasteiger partial charge in [-0.15, -0.1) is 0 Å². The number of nitrogens with one attached hydrogen (secondary N) is 1. The summed E-state index contributed by atoms with van der Waals surface area (Å²) in [5.74, 6) is -0.620. The number of amides is 1. The van der Waals surface area contributed by atoms with E-state index in [-0.39, 0.29) is 23.8 Å². The summed E-state index contributed by atoms with van der Waals surface area (Å²) in [7, 11) is -2.24. The second kappa shape index (κ2) is 9.48. The number of carbonyl (C=O) groups excluding carboxylic acids is 1. The fraction of sp³-hybridized carbons (Fsp3) is 0.316. The average molecular weight is 393 g/mol. The summed E-state index contributed by atoms with van der Waals surface area (Å²) < 4.78 is 38.8. The van der Waals surface area contributed by atoms with E-state index in [1.165, 1.54) is 23.5 Å². The van der Waals surface area contributed by atoms with Crippen molar-refractivity contribution >= 4 is 21.6 Å². The molecule has 2 aromatic rings. The molecular formula is C19H24FN3O3S. The van der Waals surface area contributed by atoms with Crippen LogP contribution >= 0.6 is 0 Å². The number of sulfonamides is 1. The Labute approximate surface area is 159 Å². The molecule has 0 spiro atoms. The second-order valence-electron chi connectivity index (χ2n) is 6.23. The van der Waals surface area contributed by atoms with E-state index in [0.717, 1.165) is 17.7 Å². The van der Waals surface area contributed by atoms with E-state index in [4.69, 9.17) is 5.73 Å². The van der Waals surface area contributed by atoms with Crippen LogP contribution in [0.5, 0.6) is 0 Å². The number of nitrogen functional groups attached to an aromatic ring is 1. The smallest absolute Gasteiger partial charge is 0.242 e. The molecule has 27 heavy (non-hydrogen) atoms. The molecule has 0 atom stereocenters. The van der Waals surface area contributed by atoms with Gasteiger partial charge in [-0.25, -0.2) is 17.1 Å². The molecule has 0 fully saturated rings. The molecule has 0 saturated heterocycles. The Morgan fingerprint density at radius 3 is 2.37 bits per heavy atom. The Morgan fingerprint density at radius 2 is 1.74 bits per heavy atom. The van der Waals surface area contributed by atoms with Crippen molar-refractivity contribution in [3.8, 4) is 0 Å². The monoisotopic (exact) mass is 393 g/mol. The maximum Gasteiger partial charge on any atom is 0.242 e. The second-order valence-corrected chi connectivity index (χ2v) is 8.27. The zero-order chi connectivity index (χ0) is 19.9. The SMILES string of the molecule is CN(CCCC(=O)NCCc1ccc(N)cc1)S(=O)(=O)c1ccc(F)cc1. The first-order valence-corrected chi connectivity index (χ1v) is 10.1. The van der Waals surface area contributed by atoms with Crippen molar-refractivity contribution in [3.63, 3.8) is 0 Å². The highest BCUT2D eigenvalue weighted by atomic mass is 32.2. The zero-order valence-electron chi connectivity index (χ0n) is 15.2. The van der Waals surface area contributed by atoms with Crippen LogP contribution in [0.3, 0.4) is 0 Å². The van der Waals surface area contributed by atoms with Gasteiger partial charge in [-0.3, -0.25) is 4.79 Å². The summed E-state index contributed by atoms with van der Waals surface area (Å²) >= 11 is 0. The highest BCUT2D eigenvalue weighted by Gasteiger charge is 2.20. The number of hydrogen-bond acceptors (Lipinski definition) is 4. The van der Waals surface area contributed by atoms with Gasteiger partial charge in [0, 0.05) is 32.2 Å². The number of anilines is 1. The van der Waals surface area contributed by atoms with Gasteiger partial charge < -0.3 is 11.1 Å². The number of benzene rings is 2. The minimum absolute atomic E-state index is 0.0272. The molecule has 0 aliphatic carbocycles. The van der Waals surface area contributed by atoms with Gasteiger partial charge in [0.15, 0.2) is 0 Å². The fourth-order valence-electron chi connectivity index (χ4n) is 2.49. The molecule has 0 aliphatic rings. The van der Waals surface area contributed by atoms with E-state index in [9.17, 15) is 17.6 Å². The van der Waals surface area contributed by atoms with Crippen molar-refractivity contribution in [1.82, 2.24) is 9.62 Å². The molecule has 0 saturated carbocycles. The number of rotatable bonds is 9. The maximum absolute atomic E-state index is 12.9. The Morgan fingerprint density at radius 1 is 1.11 bits per heavy atom. The molecule has 0 bridgehead atoms. The number of carbonyl (C=O) groups is 1. The quantitative estimate of drug-likeness (QED) is 0.639. The molecule has 0 aliphatic heterocycles. The normalized spacial score (nSPS) is 11.5. The lowest BCUT2D eigenvalue weighted by Gasteiger charge is -2.17. The molecule has 0 radical (unpaired) electrons. The van der Waals surface area contributed by atoms with Gasteiger partial charge in [0.25, 0.3) is 0 Å². The zero-order valence-corrected chi connectivity index (χ0v) is 16.0. The molecule has 8 heteroatoms.